The van der Waals surface area contributed by atoms with E-state index in [0.717, 1.165) is 0 Å². The van der Waals surface area contributed by atoms with Crippen LogP contribution < -0.4 is 0 Å². The lowest BCUT2D eigenvalue weighted by Crippen LogP contribution is -2.33. The van der Waals surface area contributed by atoms with Crippen molar-refractivity contribution in [3.05, 3.63) is 17.2 Å². The van der Waals surface area contributed by atoms with Crippen molar-refractivity contribution >= 4 is 12.2 Å². The summed E-state index contributed by atoms with van der Waals surface area (Å²) in [6.45, 7) is -0.341. The molecule has 0 saturated carbocycles. The third-order valence-corrected chi connectivity index (χ3v) is 2.80. The van der Waals surface area contributed by atoms with Gasteiger partial charge in [0, 0.05) is 12.4 Å². The van der Waals surface area contributed by atoms with Crippen LogP contribution in [0.4, 0.5) is 0 Å². The standard InChI is InChI=1S/C8H12N2O4S/c11-3-4-5(12)6(13)7(14-4)10-2-1-9-8(10)15/h1-2,4-7,11-13H,3H2,(H,9,15)/t4-,5+,6-,7-/m0/s1. The minimum atomic E-state index is -1.10. The molecule has 0 unspecified atom stereocenters. The molecular formula is C8H12N2O4S. The number of aromatic amines is 1. The molecule has 2 rings (SSSR count). The highest BCUT2D eigenvalue weighted by molar-refractivity contribution is 7.71. The summed E-state index contributed by atoms with van der Waals surface area (Å²) in [7, 11) is 0. The van der Waals surface area contributed by atoms with E-state index in [1.54, 1.807) is 12.4 Å². The molecule has 0 amide bonds. The number of rotatable bonds is 2. The molecule has 0 aromatic carbocycles. The third kappa shape index (κ3) is 1.72. The summed E-state index contributed by atoms with van der Waals surface area (Å²) in [5.41, 5.74) is 0. The number of ether oxygens (including phenoxy) is 1. The van der Waals surface area contributed by atoms with Gasteiger partial charge in [-0.05, 0) is 12.2 Å². The zero-order valence-corrected chi connectivity index (χ0v) is 8.59. The van der Waals surface area contributed by atoms with Gasteiger partial charge in [0.1, 0.15) is 18.3 Å². The zero-order valence-electron chi connectivity index (χ0n) is 7.78. The fourth-order valence-corrected chi connectivity index (χ4v) is 1.87. The van der Waals surface area contributed by atoms with Gasteiger partial charge in [-0.1, -0.05) is 0 Å². The summed E-state index contributed by atoms with van der Waals surface area (Å²) in [4.78, 5) is 2.76. The second-order valence-corrected chi connectivity index (χ2v) is 3.79. The molecule has 2 heterocycles. The number of nitrogens with one attached hydrogen (secondary N) is 1. The predicted octanol–water partition coefficient (Wildman–Crippen LogP) is -0.843. The highest BCUT2D eigenvalue weighted by Crippen LogP contribution is 2.29. The maximum Gasteiger partial charge on any atom is 0.179 e. The van der Waals surface area contributed by atoms with Crippen molar-refractivity contribution in [1.29, 1.82) is 0 Å². The number of imidazole rings is 1. The van der Waals surface area contributed by atoms with Crippen molar-refractivity contribution in [2.75, 3.05) is 6.61 Å². The van der Waals surface area contributed by atoms with Crippen molar-refractivity contribution in [1.82, 2.24) is 9.55 Å². The molecule has 1 fully saturated rings. The number of H-pyrrole nitrogens is 1. The smallest absolute Gasteiger partial charge is 0.179 e. The highest BCUT2D eigenvalue weighted by Gasteiger charge is 2.43. The molecule has 1 saturated heterocycles. The predicted molar refractivity (Wildman–Crippen MR) is 52.6 cm³/mol. The van der Waals surface area contributed by atoms with Crippen LogP contribution in [0.15, 0.2) is 12.4 Å². The fourth-order valence-electron chi connectivity index (χ4n) is 1.64. The first-order chi connectivity index (χ1) is 7.15. The van der Waals surface area contributed by atoms with E-state index in [1.165, 1.54) is 4.57 Å². The molecule has 84 valence electrons. The molecule has 0 aliphatic carbocycles. The summed E-state index contributed by atoms with van der Waals surface area (Å²) in [5.74, 6) is 0. The third-order valence-electron chi connectivity index (χ3n) is 2.47. The van der Waals surface area contributed by atoms with Crippen LogP contribution in [0.3, 0.4) is 0 Å². The van der Waals surface area contributed by atoms with E-state index < -0.39 is 24.5 Å². The second-order valence-electron chi connectivity index (χ2n) is 3.40. The zero-order chi connectivity index (χ0) is 11.0. The van der Waals surface area contributed by atoms with Crippen molar-refractivity contribution in [2.45, 2.75) is 24.5 Å². The van der Waals surface area contributed by atoms with E-state index in [9.17, 15) is 10.2 Å². The maximum absolute atomic E-state index is 9.69. The topological polar surface area (TPSA) is 90.6 Å². The largest absolute Gasteiger partial charge is 0.394 e. The molecule has 0 radical (unpaired) electrons. The number of aliphatic hydroxyl groups is 3. The monoisotopic (exact) mass is 232 g/mol. The van der Waals surface area contributed by atoms with Gasteiger partial charge >= 0.3 is 0 Å². The number of hydrogen-bond donors (Lipinski definition) is 4. The number of aliphatic hydroxyl groups excluding tert-OH is 3. The Balaban J connectivity index is 2.26. The van der Waals surface area contributed by atoms with E-state index in [-0.39, 0.29) is 6.61 Å². The SMILES string of the molecule is OC[C@@H]1O[C@H](n2cc[nH]c2=S)[C@@H](O)[C@@H]1O. The van der Waals surface area contributed by atoms with Gasteiger partial charge in [-0.25, -0.2) is 0 Å². The van der Waals surface area contributed by atoms with Gasteiger partial charge < -0.3 is 25.0 Å². The molecule has 0 bridgehead atoms. The van der Waals surface area contributed by atoms with Crippen LogP contribution in [0.5, 0.6) is 0 Å². The lowest BCUT2D eigenvalue weighted by Gasteiger charge is -2.15. The molecule has 1 aromatic rings. The molecule has 1 aliphatic heterocycles. The van der Waals surface area contributed by atoms with E-state index >= 15 is 0 Å². The van der Waals surface area contributed by atoms with E-state index in [4.69, 9.17) is 22.1 Å². The first kappa shape index (κ1) is 10.8. The van der Waals surface area contributed by atoms with Crippen LogP contribution in [0.1, 0.15) is 6.23 Å². The van der Waals surface area contributed by atoms with Crippen molar-refractivity contribution in [3.8, 4) is 0 Å². The molecule has 4 atom stereocenters. The Hall–Kier alpha value is -0.730. The van der Waals surface area contributed by atoms with Crippen molar-refractivity contribution in [3.63, 3.8) is 0 Å². The van der Waals surface area contributed by atoms with Gasteiger partial charge in [-0.15, -0.1) is 0 Å². The first-order valence-electron chi connectivity index (χ1n) is 4.53. The molecule has 1 aromatic heterocycles. The Kier molecular flexibility index (Phi) is 2.89. The lowest BCUT2D eigenvalue weighted by molar-refractivity contribution is -0.0534. The Morgan fingerprint density at radius 1 is 1.47 bits per heavy atom. The van der Waals surface area contributed by atoms with Gasteiger partial charge in [0.2, 0.25) is 0 Å². The number of nitrogens with zero attached hydrogens (tertiary/aromatic N) is 1. The molecular weight excluding hydrogens is 220 g/mol. The van der Waals surface area contributed by atoms with Gasteiger partial charge in [0.05, 0.1) is 6.61 Å². The average molecular weight is 232 g/mol. The van der Waals surface area contributed by atoms with Gasteiger partial charge in [-0.3, -0.25) is 4.57 Å². The second kappa shape index (κ2) is 4.03. The highest BCUT2D eigenvalue weighted by atomic mass is 32.1. The summed E-state index contributed by atoms with van der Waals surface area (Å²) in [6, 6.07) is 0. The van der Waals surface area contributed by atoms with Crippen LogP contribution in [0.25, 0.3) is 0 Å². The molecule has 0 spiro atoms. The Bertz CT molecular complexity index is 390. The number of aromatic nitrogens is 2. The summed E-state index contributed by atoms with van der Waals surface area (Å²) >= 11 is 4.96. The Morgan fingerprint density at radius 2 is 2.20 bits per heavy atom. The van der Waals surface area contributed by atoms with Gasteiger partial charge in [0.15, 0.2) is 11.0 Å². The van der Waals surface area contributed by atoms with E-state index in [2.05, 4.69) is 4.98 Å². The quantitative estimate of drug-likeness (QED) is 0.499. The minimum absolute atomic E-state index is 0.341. The normalized spacial score (nSPS) is 35.9. The molecule has 4 N–H and O–H groups in total. The van der Waals surface area contributed by atoms with Crippen LogP contribution in [0, 0.1) is 4.77 Å². The van der Waals surface area contributed by atoms with Crippen molar-refractivity contribution in [2.24, 2.45) is 0 Å². The maximum atomic E-state index is 9.69. The van der Waals surface area contributed by atoms with Crippen molar-refractivity contribution < 1.29 is 20.1 Å². The van der Waals surface area contributed by atoms with Crippen LogP contribution >= 0.6 is 12.2 Å². The molecule has 1 aliphatic rings. The lowest BCUT2D eigenvalue weighted by atomic mass is 10.1. The Morgan fingerprint density at radius 3 is 2.67 bits per heavy atom. The van der Waals surface area contributed by atoms with Crippen LogP contribution in [0.2, 0.25) is 0 Å². The fraction of sp³-hybridized carbons (Fsp3) is 0.625. The average Bonchev–Trinajstić information content (AvgIpc) is 2.74. The Labute approximate surface area is 90.7 Å². The summed E-state index contributed by atoms with van der Waals surface area (Å²) in [5, 5.41) is 28.1. The summed E-state index contributed by atoms with van der Waals surface area (Å²) < 4.78 is 7.18. The molecule has 7 heteroatoms. The molecule has 15 heavy (non-hydrogen) atoms. The van der Waals surface area contributed by atoms with Gasteiger partial charge in [0.25, 0.3) is 0 Å². The minimum Gasteiger partial charge on any atom is -0.394 e. The number of hydrogen-bond acceptors (Lipinski definition) is 5. The summed E-state index contributed by atoms with van der Waals surface area (Å²) in [6.07, 6.45) is -0.501. The van der Waals surface area contributed by atoms with Crippen LogP contribution in [-0.4, -0.2) is 49.8 Å². The van der Waals surface area contributed by atoms with Gasteiger partial charge in [-0.2, -0.15) is 0 Å². The van der Waals surface area contributed by atoms with Crippen LogP contribution in [-0.2, 0) is 4.74 Å². The molecule has 6 nitrogen and oxygen atoms in total. The van der Waals surface area contributed by atoms with E-state index in [1.807, 2.05) is 0 Å². The van der Waals surface area contributed by atoms with E-state index in [0.29, 0.717) is 4.77 Å². The first-order valence-corrected chi connectivity index (χ1v) is 4.94.